The molecule has 0 aromatic heterocycles. The minimum atomic E-state index is -0.984. The van der Waals surface area contributed by atoms with Crippen molar-refractivity contribution in [2.75, 3.05) is 18.2 Å². The van der Waals surface area contributed by atoms with Crippen molar-refractivity contribution < 1.29 is 18.7 Å². The number of carbonyl (C=O) groups excluding carboxylic acids is 2. The molecule has 1 heterocycles. The third kappa shape index (κ3) is 6.48. The average Bonchev–Trinajstić information content (AvgIpc) is 2.95. The minimum Gasteiger partial charge on any atom is -0.495 e. The molecule has 198 valence electrons. The number of anilines is 1. The van der Waals surface area contributed by atoms with Gasteiger partial charge >= 0.3 is 0 Å². The first-order chi connectivity index (χ1) is 18.9. The maximum absolute atomic E-state index is 15.1. The summed E-state index contributed by atoms with van der Waals surface area (Å²) in [4.78, 5) is 26.2. The van der Waals surface area contributed by atoms with Gasteiger partial charge < -0.3 is 20.7 Å². The Bertz CT molecular complexity index is 1480. The highest BCUT2D eigenvalue weighted by Crippen LogP contribution is 2.42. The molecule has 39 heavy (non-hydrogen) atoms. The standard InChI is InChI=1S/C30H27FN4O3S/c1-19-27(29(37)35-24-14-8-9-15-25(24)38-2)28(21-12-6-7-13-23(21)31)22(16-32)30(34-19)39-18-26(36)33-17-20-10-4-3-5-11-20/h3-15,28,34H,17-18H2,1-2H3,(H,33,36)(H,35,37)/t28-/m1/s1. The molecule has 4 rings (SSSR count). The van der Waals surface area contributed by atoms with Crippen LogP contribution in [0.5, 0.6) is 5.75 Å². The van der Waals surface area contributed by atoms with Crippen molar-refractivity contribution >= 4 is 29.3 Å². The summed E-state index contributed by atoms with van der Waals surface area (Å²) in [5.41, 5.74) is 2.38. The number of nitrogens with zero attached hydrogens (tertiary/aromatic N) is 1. The van der Waals surface area contributed by atoms with E-state index in [4.69, 9.17) is 4.74 Å². The molecule has 0 spiro atoms. The van der Waals surface area contributed by atoms with E-state index in [1.807, 2.05) is 30.3 Å². The van der Waals surface area contributed by atoms with Crippen molar-refractivity contribution in [3.05, 3.63) is 118 Å². The zero-order valence-corrected chi connectivity index (χ0v) is 22.3. The lowest BCUT2D eigenvalue weighted by Crippen LogP contribution is -2.32. The molecule has 0 fully saturated rings. The van der Waals surface area contributed by atoms with Crippen LogP contribution in [0, 0.1) is 17.1 Å². The number of para-hydroxylation sites is 2. The fraction of sp³-hybridized carbons (Fsp3) is 0.167. The second kappa shape index (κ2) is 12.8. The number of ether oxygens (including phenoxy) is 1. The number of hydrogen-bond donors (Lipinski definition) is 3. The van der Waals surface area contributed by atoms with Crippen molar-refractivity contribution in [3.63, 3.8) is 0 Å². The van der Waals surface area contributed by atoms with Crippen LogP contribution >= 0.6 is 11.8 Å². The Morgan fingerprint density at radius 3 is 2.46 bits per heavy atom. The molecule has 0 radical (unpaired) electrons. The number of carbonyl (C=O) groups is 2. The van der Waals surface area contributed by atoms with Gasteiger partial charge in [-0.3, -0.25) is 9.59 Å². The van der Waals surface area contributed by atoms with Crippen molar-refractivity contribution in [1.29, 1.82) is 5.26 Å². The first kappa shape index (κ1) is 27.5. The van der Waals surface area contributed by atoms with Gasteiger partial charge in [-0.05, 0) is 30.7 Å². The van der Waals surface area contributed by atoms with Gasteiger partial charge in [-0.2, -0.15) is 5.26 Å². The smallest absolute Gasteiger partial charge is 0.254 e. The van der Waals surface area contributed by atoms with Crippen molar-refractivity contribution in [2.24, 2.45) is 0 Å². The normalized spacial score (nSPS) is 14.8. The lowest BCUT2D eigenvalue weighted by Gasteiger charge is -2.30. The van der Waals surface area contributed by atoms with Crippen LogP contribution < -0.4 is 20.7 Å². The number of allylic oxidation sites excluding steroid dienone is 2. The fourth-order valence-electron chi connectivity index (χ4n) is 4.27. The summed E-state index contributed by atoms with van der Waals surface area (Å²) in [6.45, 7) is 2.07. The van der Waals surface area contributed by atoms with Crippen LogP contribution in [0.3, 0.4) is 0 Å². The molecular weight excluding hydrogens is 515 g/mol. The van der Waals surface area contributed by atoms with E-state index in [2.05, 4.69) is 22.0 Å². The number of methoxy groups -OCH3 is 1. The summed E-state index contributed by atoms with van der Waals surface area (Å²) in [5, 5.41) is 19.4. The van der Waals surface area contributed by atoms with Gasteiger partial charge in [0.05, 0.1) is 41.1 Å². The number of rotatable bonds is 9. The fourth-order valence-corrected chi connectivity index (χ4v) is 5.19. The average molecular weight is 543 g/mol. The predicted molar refractivity (Wildman–Crippen MR) is 150 cm³/mol. The van der Waals surface area contributed by atoms with E-state index >= 15 is 4.39 Å². The molecule has 0 aliphatic carbocycles. The first-order valence-electron chi connectivity index (χ1n) is 12.2. The number of amides is 2. The lowest BCUT2D eigenvalue weighted by atomic mass is 9.82. The molecule has 0 bridgehead atoms. The molecule has 1 atom stereocenters. The van der Waals surface area contributed by atoms with Crippen LogP contribution in [0.1, 0.15) is 24.0 Å². The molecule has 3 aromatic rings. The molecule has 2 amide bonds. The van der Waals surface area contributed by atoms with E-state index in [1.165, 1.54) is 13.2 Å². The van der Waals surface area contributed by atoms with Crippen LogP contribution in [-0.2, 0) is 16.1 Å². The number of halogens is 1. The van der Waals surface area contributed by atoms with E-state index < -0.39 is 17.6 Å². The van der Waals surface area contributed by atoms with Gasteiger partial charge in [0.1, 0.15) is 11.6 Å². The molecule has 3 aromatic carbocycles. The Morgan fingerprint density at radius 1 is 1.05 bits per heavy atom. The van der Waals surface area contributed by atoms with Crippen molar-refractivity contribution in [2.45, 2.75) is 19.4 Å². The van der Waals surface area contributed by atoms with Crippen LogP contribution in [0.2, 0.25) is 0 Å². The number of thioether (sulfide) groups is 1. The Morgan fingerprint density at radius 2 is 1.74 bits per heavy atom. The van der Waals surface area contributed by atoms with Gasteiger partial charge in [-0.25, -0.2) is 4.39 Å². The minimum absolute atomic E-state index is 0.0281. The Kier molecular flexibility index (Phi) is 9.02. The molecular formula is C30H27FN4O3S. The van der Waals surface area contributed by atoms with E-state index in [0.717, 1.165) is 17.3 Å². The number of dihydropyridines is 1. The Labute approximate surface area is 230 Å². The maximum atomic E-state index is 15.1. The van der Waals surface area contributed by atoms with Gasteiger partial charge in [0.15, 0.2) is 0 Å². The highest BCUT2D eigenvalue weighted by Gasteiger charge is 2.36. The predicted octanol–water partition coefficient (Wildman–Crippen LogP) is 5.22. The van der Waals surface area contributed by atoms with Crippen LogP contribution in [0.15, 0.2) is 101 Å². The van der Waals surface area contributed by atoms with Crippen LogP contribution in [0.4, 0.5) is 10.1 Å². The number of nitrogens with one attached hydrogen (secondary N) is 3. The SMILES string of the molecule is COc1ccccc1NC(=O)C1=C(C)NC(SCC(=O)NCc2ccccc2)=C(C#N)[C@H]1c1ccccc1F. The summed E-state index contributed by atoms with van der Waals surface area (Å²) in [5.74, 6) is -1.77. The first-order valence-corrected chi connectivity index (χ1v) is 13.2. The third-order valence-electron chi connectivity index (χ3n) is 6.14. The highest BCUT2D eigenvalue weighted by molar-refractivity contribution is 8.03. The molecule has 0 saturated carbocycles. The summed E-state index contributed by atoms with van der Waals surface area (Å²) >= 11 is 1.13. The quantitative estimate of drug-likeness (QED) is 0.343. The van der Waals surface area contributed by atoms with Crippen LogP contribution in [0.25, 0.3) is 0 Å². The van der Waals surface area contributed by atoms with E-state index in [9.17, 15) is 14.9 Å². The monoisotopic (exact) mass is 542 g/mol. The summed E-state index contributed by atoms with van der Waals surface area (Å²) in [7, 11) is 1.50. The van der Waals surface area contributed by atoms with E-state index in [1.54, 1.807) is 49.4 Å². The maximum Gasteiger partial charge on any atom is 0.254 e. The molecule has 7 nitrogen and oxygen atoms in total. The summed E-state index contributed by atoms with van der Waals surface area (Å²) < 4.78 is 20.4. The molecule has 9 heteroatoms. The zero-order valence-electron chi connectivity index (χ0n) is 21.5. The largest absolute Gasteiger partial charge is 0.495 e. The number of hydrogen-bond acceptors (Lipinski definition) is 6. The molecule has 3 N–H and O–H groups in total. The van der Waals surface area contributed by atoms with Crippen molar-refractivity contribution in [3.8, 4) is 11.8 Å². The zero-order chi connectivity index (χ0) is 27.8. The van der Waals surface area contributed by atoms with Crippen molar-refractivity contribution in [1.82, 2.24) is 10.6 Å². The lowest BCUT2D eigenvalue weighted by molar-refractivity contribution is -0.118. The van der Waals surface area contributed by atoms with Crippen LogP contribution in [-0.4, -0.2) is 24.7 Å². The summed E-state index contributed by atoms with van der Waals surface area (Å²) in [6, 6.07) is 24.7. The highest BCUT2D eigenvalue weighted by atomic mass is 32.2. The molecule has 1 aliphatic rings. The summed E-state index contributed by atoms with van der Waals surface area (Å²) in [6.07, 6.45) is 0. The second-order valence-electron chi connectivity index (χ2n) is 8.68. The topological polar surface area (TPSA) is 103 Å². The van der Waals surface area contributed by atoms with Gasteiger partial charge in [-0.15, -0.1) is 0 Å². The third-order valence-corrected chi connectivity index (χ3v) is 7.16. The number of benzene rings is 3. The number of nitriles is 1. The van der Waals surface area contributed by atoms with Gasteiger partial charge in [-0.1, -0.05) is 72.4 Å². The Balaban J connectivity index is 1.62. The molecule has 0 unspecified atom stereocenters. The Hall–Kier alpha value is -4.55. The molecule has 0 saturated heterocycles. The van der Waals surface area contributed by atoms with Gasteiger partial charge in [0.2, 0.25) is 5.91 Å². The van der Waals surface area contributed by atoms with Gasteiger partial charge in [0, 0.05) is 23.4 Å². The van der Waals surface area contributed by atoms with E-state index in [-0.39, 0.29) is 28.4 Å². The second-order valence-corrected chi connectivity index (χ2v) is 9.66. The molecule has 1 aliphatic heterocycles. The van der Waals surface area contributed by atoms with E-state index in [0.29, 0.717) is 28.7 Å². The van der Waals surface area contributed by atoms with Gasteiger partial charge in [0.25, 0.3) is 5.91 Å².